The third-order valence-corrected chi connectivity index (χ3v) is 7.31. The van der Waals surface area contributed by atoms with Crippen molar-refractivity contribution in [1.82, 2.24) is 0 Å². The number of unbranched alkanes of at least 4 members (excludes halogenated alkanes) is 3. The summed E-state index contributed by atoms with van der Waals surface area (Å²) in [6.07, 6.45) is 7.59. The van der Waals surface area contributed by atoms with Crippen molar-refractivity contribution in [3.8, 4) is 0 Å². The molecule has 3 unspecified atom stereocenters. The summed E-state index contributed by atoms with van der Waals surface area (Å²) >= 11 is 1.77. The number of rotatable bonds is 13. The second kappa shape index (κ2) is 12.4. The lowest BCUT2D eigenvalue weighted by Gasteiger charge is -2.26. The molecule has 1 N–H and O–H groups in total. The Kier molecular flexibility index (Phi) is 10.2. The van der Waals surface area contributed by atoms with E-state index in [9.17, 15) is 14.7 Å². The summed E-state index contributed by atoms with van der Waals surface area (Å²) < 4.78 is 4.94. The Morgan fingerprint density at radius 2 is 1.93 bits per heavy atom. The van der Waals surface area contributed by atoms with Crippen LogP contribution in [0.4, 0.5) is 0 Å². The minimum absolute atomic E-state index is 0.113. The van der Waals surface area contributed by atoms with Crippen LogP contribution in [0.5, 0.6) is 0 Å². The van der Waals surface area contributed by atoms with Crippen LogP contribution >= 0.6 is 11.8 Å². The first kappa shape index (κ1) is 23.9. The molecule has 4 nitrogen and oxygen atoms in total. The molecule has 0 aliphatic heterocycles. The van der Waals surface area contributed by atoms with Gasteiger partial charge in [0.1, 0.15) is 5.78 Å². The number of hydrogen-bond donors (Lipinski definition) is 1. The second-order valence-corrected chi connectivity index (χ2v) is 9.61. The van der Waals surface area contributed by atoms with Crippen LogP contribution in [0, 0.1) is 5.92 Å². The summed E-state index contributed by atoms with van der Waals surface area (Å²) in [4.78, 5) is 23.7. The van der Waals surface area contributed by atoms with Gasteiger partial charge in [0.25, 0.3) is 0 Å². The number of esters is 1. The molecule has 1 aromatic rings. The Labute approximate surface area is 179 Å². The quantitative estimate of drug-likeness (QED) is 0.361. The first-order chi connectivity index (χ1) is 13.9. The lowest BCUT2D eigenvalue weighted by Crippen LogP contribution is -2.32. The lowest BCUT2D eigenvalue weighted by molar-refractivity contribution is -0.143. The van der Waals surface area contributed by atoms with Gasteiger partial charge in [0, 0.05) is 36.2 Å². The predicted molar refractivity (Wildman–Crippen MR) is 119 cm³/mol. The molecule has 1 aromatic carbocycles. The molecule has 0 radical (unpaired) electrons. The molecule has 1 aliphatic carbocycles. The molecule has 162 valence electrons. The summed E-state index contributed by atoms with van der Waals surface area (Å²) in [5, 5.41) is 11.1. The van der Waals surface area contributed by atoms with Crippen LogP contribution < -0.4 is 0 Å². The van der Waals surface area contributed by atoms with Crippen LogP contribution in [-0.2, 0) is 20.7 Å². The zero-order chi connectivity index (χ0) is 21.1. The van der Waals surface area contributed by atoms with Crippen molar-refractivity contribution in [3.63, 3.8) is 0 Å². The normalized spacial score (nSPS) is 21.1. The summed E-state index contributed by atoms with van der Waals surface area (Å²) in [6, 6.07) is 10.1. The number of thioether (sulfide) groups is 1. The van der Waals surface area contributed by atoms with Crippen molar-refractivity contribution in [3.05, 3.63) is 35.9 Å². The second-order valence-electron chi connectivity index (χ2n) is 8.38. The average molecular weight is 421 g/mol. The van der Waals surface area contributed by atoms with Gasteiger partial charge in [-0.2, -0.15) is 11.8 Å². The highest BCUT2D eigenvalue weighted by Gasteiger charge is 2.35. The summed E-state index contributed by atoms with van der Waals surface area (Å²) in [5.41, 5.74) is 0.370. The number of aliphatic hydroxyl groups is 1. The Morgan fingerprint density at radius 3 is 2.66 bits per heavy atom. The van der Waals surface area contributed by atoms with Gasteiger partial charge in [0.15, 0.2) is 0 Å². The number of Topliss-reactive ketones (excluding diaryl/α,β-unsaturated/α-hetero) is 1. The fourth-order valence-electron chi connectivity index (χ4n) is 4.02. The standard InChI is InChI=1S/C24H36O4S/c1-3-28-23(26)14-10-5-4-9-13-20-21(25)15-16-22(20)29-18-24(2,27)17-19-11-7-6-8-12-19/h6-8,11-12,20,22,27H,3-5,9-10,13-18H2,1-2H3. The molecule has 29 heavy (non-hydrogen) atoms. The van der Waals surface area contributed by atoms with Gasteiger partial charge in [-0.25, -0.2) is 0 Å². The molecule has 0 amide bonds. The van der Waals surface area contributed by atoms with E-state index < -0.39 is 5.60 Å². The molecule has 1 aliphatic rings. The highest BCUT2D eigenvalue weighted by atomic mass is 32.2. The van der Waals surface area contributed by atoms with Gasteiger partial charge in [0.05, 0.1) is 12.2 Å². The molecule has 0 aromatic heterocycles. The van der Waals surface area contributed by atoms with Crippen LogP contribution in [0.25, 0.3) is 0 Å². The maximum atomic E-state index is 12.3. The first-order valence-electron chi connectivity index (χ1n) is 11.0. The fraction of sp³-hybridized carbons (Fsp3) is 0.667. The minimum Gasteiger partial charge on any atom is -0.466 e. The number of benzene rings is 1. The van der Waals surface area contributed by atoms with Gasteiger partial charge in [0.2, 0.25) is 0 Å². The SMILES string of the molecule is CCOC(=O)CCCCCCC1C(=O)CCC1SCC(C)(O)Cc1ccccc1. The number of hydrogen-bond acceptors (Lipinski definition) is 5. The Bertz CT molecular complexity index is 629. The summed E-state index contributed by atoms with van der Waals surface area (Å²) in [7, 11) is 0. The molecule has 0 saturated heterocycles. The number of carbonyl (C=O) groups is 2. The maximum absolute atomic E-state index is 12.3. The van der Waals surface area contributed by atoms with E-state index in [-0.39, 0.29) is 11.9 Å². The van der Waals surface area contributed by atoms with Crippen molar-refractivity contribution >= 4 is 23.5 Å². The predicted octanol–water partition coefficient (Wildman–Crippen LogP) is 4.96. The largest absolute Gasteiger partial charge is 0.466 e. The monoisotopic (exact) mass is 420 g/mol. The van der Waals surface area contributed by atoms with Gasteiger partial charge in [-0.3, -0.25) is 9.59 Å². The smallest absolute Gasteiger partial charge is 0.305 e. The molecule has 0 heterocycles. The molecular weight excluding hydrogens is 384 g/mol. The van der Waals surface area contributed by atoms with E-state index in [1.54, 1.807) is 11.8 Å². The van der Waals surface area contributed by atoms with Gasteiger partial charge in [-0.15, -0.1) is 0 Å². The molecule has 0 spiro atoms. The topological polar surface area (TPSA) is 63.6 Å². The zero-order valence-corrected chi connectivity index (χ0v) is 18.7. The van der Waals surface area contributed by atoms with Crippen molar-refractivity contribution in [1.29, 1.82) is 0 Å². The van der Waals surface area contributed by atoms with E-state index >= 15 is 0 Å². The van der Waals surface area contributed by atoms with Crippen molar-refractivity contribution in [2.45, 2.75) is 82.5 Å². The average Bonchev–Trinajstić information content (AvgIpc) is 3.03. The van der Waals surface area contributed by atoms with E-state index in [1.165, 1.54) is 0 Å². The van der Waals surface area contributed by atoms with Gasteiger partial charge in [-0.1, -0.05) is 49.6 Å². The molecule has 3 atom stereocenters. The van der Waals surface area contributed by atoms with Crippen molar-refractivity contribution < 1.29 is 19.4 Å². The van der Waals surface area contributed by atoms with E-state index in [2.05, 4.69) is 0 Å². The van der Waals surface area contributed by atoms with Crippen LogP contribution in [0.1, 0.15) is 70.8 Å². The minimum atomic E-state index is -0.769. The van der Waals surface area contributed by atoms with Crippen LogP contribution in [0.3, 0.4) is 0 Å². The van der Waals surface area contributed by atoms with E-state index in [0.717, 1.165) is 44.1 Å². The fourth-order valence-corrected chi connectivity index (χ4v) is 5.50. The molecule has 1 fully saturated rings. The third-order valence-electron chi connectivity index (χ3n) is 5.53. The zero-order valence-electron chi connectivity index (χ0n) is 17.9. The van der Waals surface area contributed by atoms with Crippen molar-refractivity contribution in [2.24, 2.45) is 5.92 Å². The van der Waals surface area contributed by atoms with Gasteiger partial charge >= 0.3 is 5.97 Å². The highest BCUT2D eigenvalue weighted by molar-refractivity contribution is 8.00. The van der Waals surface area contributed by atoms with E-state index in [1.807, 2.05) is 44.2 Å². The van der Waals surface area contributed by atoms with Crippen LogP contribution in [0.2, 0.25) is 0 Å². The molecular formula is C24H36O4S. The van der Waals surface area contributed by atoms with Crippen LogP contribution in [-0.4, -0.2) is 40.1 Å². The molecule has 1 saturated carbocycles. The summed E-state index contributed by atoms with van der Waals surface area (Å²) in [6.45, 7) is 4.16. The van der Waals surface area contributed by atoms with Gasteiger partial charge in [-0.05, 0) is 38.7 Å². The maximum Gasteiger partial charge on any atom is 0.305 e. The Hall–Kier alpha value is -1.33. The molecule has 2 rings (SSSR count). The Morgan fingerprint density at radius 1 is 1.21 bits per heavy atom. The van der Waals surface area contributed by atoms with E-state index in [0.29, 0.717) is 42.7 Å². The number of ketones is 1. The van der Waals surface area contributed by atoms with E-state index in [4.69, 9.17) is 4.74 Å². The Balaban J connectivity index is 1.69. The van der Waals surface area contributed by atoms with Gasteiger partial charge < -0.3 is 9.84 Å². The third kappa shape index (κ3) is 8.91. The van der Waals surface area contributed by atoms with Crippen molar-refractivity contribution in [2.75, 3.05) is 12.4 Å². The first-order valence-corrected chi connectivity index (χ1v) is 12.0. The number of ether oxygens (including phenoxy) is 1. The molecule has 0 bridgehead atoms. The highest BCUT2D eigenvalue weighted by Crippen LogP contribution is 2.37. The number of carbonyl (C=O) groups excluding carboxylic acids is 2. The lowest BCUT2D eigenvalue weighted by atomic mass is 9.98. The van der Waals surface area contributed by atoms with Crippen LogP contribution in [0.15, 0.2) is 30.3 Å². The summed E-state index contributed by atoms with van der Waals surface area (Å²) in [5.74, 6) is 1.04. The molecule has 5 heteroatoms.